The van der Waals surface area contributed by atoms with Crippen LogP contribution in [-0.2, 0) is 0 Å². The maximum atomic E-state index is 10.0. The Morgan fingerprint density at radius 2 is 1.77 bits per heavy atom. The van der Waals surface area contributed by atoms with Crippen LogP contribution in [0.2, 0.25) is 5.02 Å². The van der Waals surface area contributed by atoms with E-state index in [4.69, 9.17) is 11.6 Å². The van der Waals surface area contributed by atoms with Crippen LogP contribution in [0.25, 0.3) is 6.20 Å². The number of hydrogen-bond acceptors (Lipinski definition) is 7. The Hall–Kier alpha value is -2.61. The van der Waals surface area contributed by atoms with Crippen molar-refractivity contribution in [2.45, 2.75) is 12.8 Å². The summed E-state index contributed by atoms with van der Waals surface area (Å²) in [7, 11) is 0. The van der Waals surface area contributed by atoms with E-state index in [2.05, 4.69) is 30.9 Å². The third-order valence-corrected chi connectivity index (χ3v) is 6.33. The summed E-state index contributed by atoms with van der Waals surface area (Å²) in [5.41, 5.74) is 1.22. The Balaban J connectivity index is 1.08. The van der Waals surface area contributed by atoms with Crippen LogP contribution in [0.1, 0.15) is 12.8 Å². The molecule has 3 aliphatic heterocycles. The molecule has 1 saturated heterocycles. The number of fused-ring (bicyclic) bond motifs is 2. The Bertz CT molecular complexity index is 1100. The average Bonchev–Trinajstić information content (AvgIpc) is 3.18. The van der Waals surface area contributed by atoms with Crippen LogP contribution in [0.4, 0.5) is 5.69 Å². The number of benzene rings is 2. The number of guanidine groups is 1. The molecule has 7 nitrogen and oxygen atoms in total. The van der Waals surface area contributed by atoms with Crippen LogP contribution in [0.3, 0.4) is 0 Å². The van der Waals surface area contributed by atoms with Crippen LogP contribution in [0, 0.1) is 0 Å². The highest BCUT2D eigenvalue weighted by atomic mass is 35.5. The Labute approximate surface area is 187 Å². The summed E-state index contributed by atoms with van der Waals surface area (Å²) in [6.45, 7) is 6.93. The van der Waals surface area contributed by atoms with E-state index in [0.717, 1.165) is 62.4 Å². The first-order chi connectivity index (χ1) is 15.2. The number of aliphatic imine (C=N–C) groups is 1. The molecule has 1 fully saturated rings. The molecule has 1 N–H and O–H groups in total. The molecule has 162 valence electrons. The number of hydrazine groups is 1. The molecule has 0 amide bonds. The van der Waals surface area contributed by atoms with Crippen LogP contribution in [-0.4, -0.2) is 71.9 Å². The molecule has 0 saturated carbocycles. The highest BCUT2D eigenvalue weighted by Crippen LogP contribution is 2.21. The number of para-hydroxylation sites is 1. The summed E-state index contributed by atoms with van der Waals surface area (Å²) in [6, 6.07) is 13.6. The van der Waals surface area contributed by atoms with E-state index in [-0.39, 0.29) is 5.75 Å². The van der Waals surface area contributed by atoms with Gasteiger partial charge in [-0.1, -0.05) is 29.8 Å². The number of aromatic hydroxyl groups is 1. The minimum absolute atomic E-state index is 0.199. The topological polar surface area (TPSA) is 57.9 Å². The number of rotatable bonds is 6. The SMILES string of the molecule is Oc1cccc2c1=NC1=NCN(CCCCN3CCN(c4cccc(Cl)c4)CC3)N1C=2. The maximum absolute atomic E-state index is 10.0. The molecule has 5 rings (SSSR count). The maximum Gasteiger partial charge on any atom is 0.241 e. The molecule has 0 radical (unpaired) electrons. The van der Waals surface area contributed by atoms with Gasteiger partial charge in [0.1, 0.15) is 17.8 Å². The first-order valence-electron chi connectivity index (χ1n) is 10.9. The number of phenolic OH excluding ortho intramolecular Hbond substituents is 1. The monoisotopic (exact) mass is 438 g/mol. The smallest absolute Gasteiger partial charge is 0.241 e. The number of hydrogen-bond donors (Lipinski definition) is 1. The molecular formula is C23H27ClN6O. The summed E-state index contributed by atoms with van der Waals surface area (Å²) in [5, 5.41) is 16.6. The largest absolute Gasteiger partial charge is 0.506 e. The predicted octanol–water partition coefficient (Wildman–Crippen LogP) is 1.87. The minimum Gasteiger partial charge on any atom is -0.506 e. The first-order valence-corrected chi connectivity index (χ1v) is 11.3. The van der Waals surface area contributed by atoms with E-state index < -0.39 is 0 Å². The molecule has 3 aliphatic rings. The van der Waals surface area contributed by atoms with E-state index >= 15 is 0 Å². The van der Waals surface area contributed by atoms with Crippen molar-refractivity contribution in [1.82, 2.24) is 14.9 Å². The number of phenols is 1. The van der Waals surface area contributed by atoms with Crippen molar-refractivity contribution in [3.05, 3.63) is 58.1 Å². The Morgan fingerprint density at radius 3 is 2.61 bits per heavy atom. The van der Waals surface area contributed by atoms with Crippen molar-refractivity contribution in [2.24, 2.45) is 9.98 Å². The van der Waals surface area contributed by atoms with Gasteiger partial charge in [0.05, 0.1) is 0 Å². The van der Waals surface area contributed by atoms with E-state index in [1.807, 2.05) is 41.5 Å². The van der Waals surface area contributed by atoms with Gasteiger partial charge < -0.3 is 10.0 Å². The van der Waals surface area contributed by atoms with Crippen LogP contribution >= 0.6 is 11.6 Å². The lowest BCUT2D eigenvalue weighted by atomic mass is 10.2. The van der Waals surface area contributed by atoms with Crippen molar-refractivity contribution >= 4 is 29.4 Å². The molecular weight excluding hydrogens is 412 g/mol. The van der Waals surface area contributed by atoms with Crippen LogP contribution < -0.4 is 15.5 Å². The van der Waals surface area contributed by atoms with E-state index in [9.17, 15) is 5.11 Å². The standard InChI is InChI=1S/C23H27ClN6O/c24-19-6-4-7-20(15-19)28-13-11-27(12-14-28)9-1-2-10-29-17-25-23-26-22-18(16-30(23)29)5-3-8-21(22)31/h3-8,15-16,31H,1-2,9-14,17H2. The van der Waals surface area contributed by atoms with Crippen molar-refractivity contribution in [1.29, 1.82) is 0 Å². The molecule has 8 heteroatoms. The lowest BCUT2D eigenvalue weighted by Gasteiger charge is -2.36. The summed E-state index contributed by atoms with van der Waals surface area (Å²) < 4.78 is 0. The second-order valence-electron chi connectivity index (χ2n) is 8.15. The van der Waals surface area contributed by atoms with Crippen LogP contribution in [0.5, 0.6) is 5.75 Å². The van der Waals surface area contributed by atoms with Gasteiger partial charge in [-0.25, -0.2) is 15.0 Å². The number of halogens is 1. The summed E-state index contributed by atoms with van der Waals surface area (Å²) in [4.78, 5) is 14.0. The molecule has 0 bridgehead atoms. The number of piperazine rings is 1. The third kappa shape index (κ3) is 4.39. The van der Waals surface area contributed by atoms with Crippen molar-refractivity contribution in [3.63, 3.8) is 0 Å². The van der Waals surface area contributed by atoms with E-state index in [1.165, 1.54) is 5.69 Å². The van der Waals surface area contributed by atoms with E-state index in [1.54, 1.807) is 6.07 Å². The zero-order valence-corrected chi connectivity index (χ0v) is 18.2. The van der Waals surface area contributed by atoms with Gasteiger partial charge in [-0.2, -0.15) is 5.01 Å². The lowest BCUT2D eigenvalue weighted by molar-refractivity contribution is 0.127. The molecule has 2 aromatic carbocycles. The fourth-order valence-electron chi connectivity index (χ4n) is 4.36. The van der Waals surface area contributed by atoms with Gasteiger partial charge in [0.25, 0.3) is 0 Å². The summed E-state index contributed by atoms with van der Waals surface area (Å²) in [5.74, 6) is 0.858. The number of nitrogens with zero attached hydrogens (tertiary/aromatic N) is 6. The third-order valence-electron chi connectivity index (χ3n) is 6.09. The second-order valence-corrected chi connectivity index (χ2v) is 8.58. The minimum atomic E-state index is 0.199. The van der Waals surface area contributed by atoms with Crippen molar-refractivity contribution < 1.29 is 5.11 Å². The summed E-state index contributed by atoms with van der Waals surface area (Å²) >= 11 is 6.13. The van der Waals surface area contributed by atoms with Crippen LogP contribution in [0.15, 0.2) is 52.4 Å². The zero-order valence-electron chi connectivity index (χ0n) is 17.5. The van der Waals surface area contributed by atoms with Gasteiger partial charge in [-0.3, -0.25) is 4.90 Å². The first kappa shape index (κ1) is 20.3. The Morgan fingerprint density at radius 1 is 0.968 bits per heavy atom. The predicted molar refractivity (Wildman–Crippen MR) is 124 cm³/mol. The molecule has 0 aromatic heterocycles. The summed E-state index contributed by atoms with van der Waals surface area (Å²) in [6.07, 6.45) is 4.28. The molecule has 31 heavy (non-hydrogen) atoms. The normalized spacial score (nSPS) is 18.8. The quantitative estimate of drug-likeness (QED) is 0.698. The molecule has 0 aliphatic carbocycles. The molecule has 3 heterocycles. The Kier molecular flexibility index (Phi) is 5.80. The fourth-order valence-corrected chi connectivity index (χ4v) is 4.54. The average molecular weight is 439 g/mol. The van der Waals surface area contributed by atoms with Crippen molar-refractivity contribution in [2.75, 3.05) is 50.8 Å². The highest BCUT2D eigenvalue weighted by molar-refractivity contribution is 6.30. The lowest BCUT2D eigenvalue weighted by Crippen LogP contribution is -2.47. The fraction of sp³-hybridized carbons (Fsp3) is 0.391. The zero-order chi connectivity index (χ0) is 21.2. The van der Waals surface area contributed by atoms with Gasteiger partial charge in [-0.15, -0.1) is 0 Å². The van der Waals surface area contributed by atoms with Crippen molar-refractivity contribution in [3.8, 4) is 5.75 Å². The van der Waals surface area contributed by atoms with Gasteiger partial charge in [0, 0.05) is 54.9 Å². The van der Waals surface area contributed by atoms with Gasteiger partial charge in [0.15, 0.2) is 0 Å². The van der Waals surface area contributed by atoms with E-state index in [0.29, 0.717) is 18.0 Å². The van der Waals surface area contributed by atoms with Gasteiger partial charge in [-0.05, 0) is 43.7 Å². The second kappa shape index (κ2) is 8.86. The molecule has 0 atom stereocenters. The molecule has 0 unspecified atom stereocenters. The van der Waals surface area contributed by atoms with Gasteiger partial charge >= 0.3 is 0 Å². The molecule has 0 spiro atoms. The highest BCUT2D eigenvalue weighted by Gasteiger charge is 2.25. The number of anilines is 1. The van der Waals surface area contributed by atoms with Gasteiger partial charge in [0.2, 0.25) is 5.96 Å². The molecule has 2 aromatic rings. The number of unbranched alkanes of at least 4 members (excludes halogenated alkanes) is 1.